The zero-order valence-electron chi connectivity index (χ0n) is 18.7. The maximum absolute atomic E-state index is 12.9. The minimum absolute atomic E-state index is 0.0975. The van der Waals surface area contributed by atoms with Crippen molar-refractivity contribution in [3.05, 3.63) is 93.3 Å². The third-order valence-electron chi connectivity index (χ3n) is 5.03. The van der Waals surface area contributed by atoms with E-state index in [-0.39, 0.29) is 33.2 Å². The lowest BCUT2D eigenvalue weighted by Gasteiger charge is -2.08. The maximum Gasteiger partial charge on any atom is 0.325 e. The molecule has 36 heavy (non-hydrogen) atoms. The summed E-state index contributed by atoms with van der Waals surface area (Å²) in [7, 11) is -2.57. The number of nitro benzene ring substituents is 1. The lowest BCUT2D eigenvalue weighted by molar-refractivity contribution is -0.384. The fourth-order valence-electron chi connectivity index (χ4n) is 3.25. The second-order valence-corrected chi connectivity index (χ2v) is 10.1. The Kier molecular flexibility index (Phi) is 6.94. The highest BCUT2D eigenvalue weighted by molar-refractivity contribution is 7.92. The molecule has 1 aromatic heterocycles. The molecule has 0 spiro atoms. The van der Waals surface area contributed by atoms with Crippen LogP contribution in [-0.4, -0.2) is 36.9 Å². The lowest BCUT2D eigenvalue weighted by atomic mass is 10.2. The highest BCUT2D eigenvalue weighted by Gasteiger charge is 2.16. The van der Waals surface area contributed by atoms with Crippen molar-refractivity contribution in [1.82, 2.24) is 4.57 Å². The molecule has 0 bridgehead atoms. The van der Waals surface area contributed by atoms with Crippen molar-refractivity contribution in [1.29, 1.82) is 0 Å². The second-order valence-electron chi connectivity index (χ2n) is 7.37. The van der Waals surface area contributed by atoms with E-state index >= 15 is 0 Å². The van der Waals surface area contributed by atoms with Crippen molar-refractivity contribution in [2.75, 3.05) is 11.8 Å². The molecule has 0 aliphatic carbocycles. The van der Waals surface area contributed by atoms with Crippen molar-refractivity contribution in [3.8, 4) is 0 Å². The van der Waals surface area contributed by atoms with E-state index in [1.807, 2.05) is 0 Å². The number of nitrogens with zero attached hydrogens (tertiary/aromatic N) is 3. The topological polar surface area (TPSA) is 150 Å². The summed E-state index contributed by atoms with van der Waals surface area (Å²) >= 11 is 1.01. The molecule has 0 fully saturated rings. The quantitative estimate of drug-likeness (QED) is 0.220. The first-order chi connectivity index (χ1) is 17.2. The molecule has 11 nitrogen and oxygen atoms in total. The van der Waals surface area contributed by atoms with Gasteiger partial charge in [0, 0.05) is 23.4 Å². The largest absolute Gasteiger partial charge is 0.468 e. The van der Waals surface area contributed by atoms with Gasteiger partial charge in [-0.2, -0.15) is 4.99 Å². The maximum atomic E-state index is 12.9. The zero-order chi connectivity index (χ0) is 25.9. The van der Waals surface area contributed by atoms with Crippen LogP contribution in [-0.2, 0) is 26.1 Å². The number of hydrogen-bond donors (Lipinski definition) is 1. The number of nitro groups is 1. The molecule has 0 unspecified atom stereocenters. The van der Waals surface area contributed by atoms with E-state index in [0.29, 0.717) is 10.2 Å². The number of methoxy groups -OCH3 is 1. The summed E-state index contributed by atoms with van der Waals surface area (Å²) in [4.78, 5) is 39.7. The van der Waals surface area contributed by atoms with Crippen LogP contribution in [0.4, 0.5) is 11.4 Å². The summed E-state index contributed by atoms with van der Waals surface area (Å²) in [5, 5.41) is 11.1. The van der Waals surface area contributed by atoms with E-state index in [2.05, 4.69) is 9.71 Å². The van der Waals surface area contributed by atoms with Crippen LogP contribution in [0.3, 0.4) is 0 Å². The lowest BCUT2D eigenvalue weighted by Crippen LogP contribution is -2.22. The van der Waals surface area contributed by atoms with Crippen molar-refractivity contribution >= 4 is 54.8 Å². The highest BCUT2D eigenvalue weighted by atomic mass is 32.2. The molecule has 4 aromatic rings. The summed E-state index contributed by atoms with van der Waals surface area (Å²) in [6.45, 7) is -0.249. The van der Waals surface area contributed by atoms with Crippen LogP contribution in [0.25, 0.3) is 10.2 Å². The standard InChI is InChI=1S/C23H18N4O7S2/c1-34-21(28)14-26-19-12-11-17(27(30)31)13-20(19)35-23(26)24-22(29)15-7-9-16(10-8-15)25-36(32,33)18-5-3-2-4-6-18/h2-13,25H,14H2,1H3. The number of aromatic nitrogens is 1. The van der Waals surface area contributed by atoms with Crippen LogP contribution in [0, 0.1) is 10.1 Å². The predicted octanol–water partition coefficient (Wildman–Crippen LogP) is 3.33. The Morgan fingerprint density at radius 1 is 1.08 bits per heavy atom. The molecule has 0 aliphatic heterocycles. The number of carbonyl (C=O) groups excluding carboxylic acids is 2. The number of hydrogen-bond acceptors (Lipinski definition) is 8. The number of anilines is 1. The average molecular weight is 527 g/mol. The Morgan fingerprint density at radius 2 is 1.78 bits per heavy atom. The van der Waals surface area contributed by atoms with Gasteiger partial charge >= 0.3 is 5.97 Å². The smallest absolute Gasteiger partial charge is 0.325 e. The van der Waals surface area contributed by atoms with Crippen molar-refractivity contribution in [2.24, 2.45) is 4.99 Å². The van der Waals surface area contributed by atoms with Gasteiger partial charge in [0.1, 0.15) is 6.54 Å². The van der Waals surface area contributed by atoms with Crippen LogP contribution < -0.4 is 9.52 Å². The average Bonchev–Trinajstić information content (AvgIpc) is 3.20. The number of thiazole rings is 1. The number of amides is 1. The number of sulfonamides is 1. The summed E-state index contributed by atoms with van der Waals surface area (Å²) < 4.78 is 34.0. The normalized spacial score (nSPS) is 11.9. The van der Waals surface area contributed by atoms with Crippen molar-refractivity contribution in [3.63, 3.8) is 0 Å². The fourth-order valence-corrected chi connectivity index (χ4v) is 5.39. The number of rotatable bonds is 7. The Hall–Kier alpha value is -4.36. The molecule has 184 valence electrons. The van der Waals surface area contributed by atoms with Crippen LogP contribution in [0.1, 0.15) is 10.4 Å². The first-order valence-electron chi connectivity index (χ1n) is 10.3. The van der Waals surface area contributed by atoms with E-state index in [1.165, 1.54) is 66.3 Å². The Labute approximate surface area is 208 Å². The first-order valence-corrected chi connectivity index (χ1v) is 12.6. The van der Waals surface area contributed by atoms with Crippen molar-refractivity contribution in [2.45, 2.75) is 11.4 Å². The molecule has 1 heterocycles. The van der Waals surface area contributed by atoms with Gasteiger partial charge in [-0.15, -0.1) is 0 Å². The van der Waals surface area contributed by atoms with Crippen LogP contribution >= 0.6 is 11.3 Å². The van der Waals surface area contributed by atoms with Gasteiger partial charge in [0.2, 0.25) is 0 Å². The van der Waals surface area contributed by atoms with E-state index < -0.39 is 26.8 Å². The SMILES string of the molecule is COC(=O)Cn1c(=NC(=O)c2ccc(NS(=O)(=O)c3ccccc3)cc2)sc2cc([N+](=O)[O-])ccc21. The number of esters is 1. The monoisotopic (exact) mass is 526 g/mol. The number of ether oxygens (including phenoxy) is 1. The van der Waals surface area contributed by atoms with E-state index in [9.17, 15) is 28.1 Å². The number of fused-ring (bicyclic) bond motifs is 1. The van der Waals surface area contributed by atoms with E-state index in [4.69, 9.17) is 4.74 Å². The second kappa shape index (κ2) is 10.1. The van der Waals surface area contributed by atoms with E-state index in [1.54, 1.807) is 18.2 Å². The Morgan fingerprint density at radius 3 is 2.42 bits per heavy atom. The molecule has 0 aliphatic rings. The third kappa shape index (κ3) is 5.31. The van der Waals surface area contributed by atoms with Gasteiger partial charge in [0.15, 0.2) is 4.80 Å². The number of nitrogens with one attached hydrogen (secondary N) is 1. The first kappa shape index (κ1) is 24.8. The molecule has 0 saturated heterocycles. The zero-order valence-corrected chi connectivity index (χ0v) is 20.3. The number of benzene rings is 3. The fraction of sp³-hybridized carbons (Fsp3) is 0.0870. The molecule has 1 amide bonds. The third-order valence-corrected chi connectivity index (χ3v) is 7.47. The Bertz CT molecular complexity index is 1640. The number of carbonyl (C=O) groups is 2. The molecule has 1 N–H and O–H groups in total. The molecule has 4 rings (SSSR count). The van der Waals surface area contributed by atoms with Gasteiger partial charge in [0.25, 0.3) is 21.6 Å². The molecular weight excluding hydrogens is 508 g/mol. The van der Waals surface area contributed by atoms with Gasteiger partial charge in [-0.3, -0.25) is 24.4 Å². The van der Waals surface area contributed by atoms with Gasteiger partial charge in [-0.1, -0.05) is 29.5 Å². The number of non-ortho nitro benzene ring substituents is 1. The van der Waals surface area contributed by atoms with E-state index in [0.717, 1.165) is 11.3 Å². The van der Waals surface area contributed by atoms with Crippen molar-refractivity contribution < 1.29 is 27.7 Å². The van der Waals surface area contributed by atoms with Crippen LogP contribution in [0.5, 0.6) is 0 Å². The van der Waals surface area contributed by atoms with Gasteiger partial charge in [0.05, 0.1) is 27.1 Å². The summed E-state index contributed by atoms with van der Waals surface area (Å²) in [5.41, 5.74) is 0.768. The summed E-state index contributed by atoms with van der Waals surface area (Å²) in [6, 6.07) is 17.6. The highest BCUT2D eigenvalue weighted by Crippen LogP contribution is 2.23. The molecule has 0 atom stereocenters. The summed E-state index contributed by atoms with van der Waals surface area (Å²) in [5.74, 6) is -1.23. The predicted molar refractivity (Wildman–Crippen MR) is 132 cm³/mol. The minimum Gasteiger partial charge on any atom is -0.468 e. The van der Waals surface area contributed by atoms with Crippen LogP contribution in [0.15, 0.2) is 82.7 Å². The molecule has 0 saturated carbocycles. The van der Waals surface area contributed by atoms with Gasteiger partial charge < -0.3 is 9.30 Å². The molecular formula is C23H18N4O7S2. The minimum atomic E-state index is -3.79. The van der Waals surface area contributed by atoms with Crippen LogP contribution in [0.2, 0.25) is 0 Å². The molecule has 0 radical (unpaired) electrons. The molecule has 3 aromatic carbocycles. The summed E-state index contributed by atoms with van der Waals surface area (Å²) in [6.07, 6.45) is 0. The van der Waals surface area contributed by atoms with Gasteiger partial charge in [-0.05, 0) is 42.5 Å². The molecule has 13 heteroatoms. The Balaban J connectivity index is 1.65. The van der Waals surface area contributed by atoms with Gasteiger partial charge in [-0.25, -0.2) is 8.42 Å².